The van der Waals surface area contributed by atoms with Crippen molar-refractivity contribution in [2.45, 2.75) is 57.9 Å². The van der Waals surface area contributed by atoms with Gasteiger partial charge in [0.1, 0.15) is 12.2 Å². The van der Waals surface area contributed by atoms with Crippen LogP contribution in [0.4, 0.5) is 0 Å². The van der Waals surface area contributed by atoms with Crippen molar-refractivity contribution in [1.29, 1.82) is 0 Å². The monoisotopic (exact) mass is 264 g/mol. The van der Waals surface area contributed by atoms with Gasteiger partial charge in [0.15, 0.2) is 0 Å². The second kappa shape index (κ2) is 7.26. The van der Waals surface area contributed by atoms with Gasteiger partial charge >= 0.3 is 0 Å². The van der Waals surface area contributed by atoms with Gasteiger partial charge in [-0.05, 0) is 18.8 Å². The van der Waals surface area contributed by atoms with E-state index in [1.807, 2.05) is 7.05 Å². The molecule has 1 aromatic rings. The van der Waals surface area contributed by atoms with Crippen LogP contribution in [0.3, 0.4) is 0 Å². The molecular formula is C14H24N4O. The number of aromatic amines is 1. The summed E-state index contributed by atoms with van der Waals surface area (Å²) in [6, 6.07) is 0. The number of hydrogen-bond acceptors (Lipinski definition) is 3. The van der Waals surface area contributed by atoms with Gasteiger partial charge in [0, 0.05) is 13.5 Å². The number of carbonyl (C=O) groups is 1. The Balaban J connectivity index is 1.63. The van der Waals surface area contributed by atoms with E-state index < -0.39 is 0 Å². The molecule has 1 N–H and O–H groups in total. The van der Waals surface area contributed by atoms with Crippen LogP contribution in [-0.2, 0) is 11.3 Å². The Kier molecular flexibility index (Phi) is 5.36. The van der Waals surface area contributed by atoms with Crippen molar-refractivity contribution in [3.63, 3.8) is 0 Å². The van der Waals surface area contributed by atoms with Gasteiger partial charge in [0.2, 0.25) is 5.91 Å². The number of aromatic nitrogens is 3. The number of rotatable bonds is 6. The molecule has 1 saturated carbocycles. The predicted molar refractivity (Wildman–Crippen MR) is 73.3 cm³/mol. The van der Waals surface area contributed by atoms with E-state index in [4.69, 9.17) is 0 Å². The standard InChI is InChI=1S/C14H24N4O/c1-18(10-13-15-11-16-17-13)14(19)9-5-8-12-6-3-2-4-7-12/h11-12H,2-10H2,1H3,(H,15,16,17). The van der Waals surface area contributed by atoms with E-state index in [2.05, 4.69) is 15.2 Å². The number of hydrogen-bond donors (Lipinski definition) is 1. The molecule has 19 heavy (non-hydrogen) atoms. The van der Waals surface area contributed by atoms with E-state index in [1.165, 1.54) is 44.9 Å². The largest absolute Gasteiger partial charge is 0.338 e. The predicted octanol–water partition coefficient (Wildman–Crippen LogP) is 2.51. The highest BCUT2D eigenvalue weighted by Crippen LogP contribution is 2.27. The molecule has 0 aliphatic heterocycles. The SMILES string of the molecule is CN(Cc1ncn[nH]1)C(=O)CCCC1CCCCC1. The first-order chi connectivity index (χ1) is 9.25. The summed E-state index contributed by atoms with van der Waals surface area (Å²) in [7, 11) is 1.82. The van der Waals surface area contributed by atoms with Gasteiger partial charge in [0.05, 0.1) is 6.54 Å². The minimum Gasteiger partial charge on any atom is -0.338 e. The fraction of sp³-hybridized carbons (Fsp3) is 0.786. The maximum Gasteiger partial charge on any atom is 0.222 e. The van der Waals surface area contributed by atoms with Crippen LogP contribution in [0.5, 0.6) is 0 Å². The Bertz CT molecular complexity index is 371. The molecule has 5 heteroatoms. The van der Waals surface area contributed by atoms with E-state index in [0.717, 1.165) is 18.2 Å². The Morgan fingerprint density at radius 2 is 2.21 bits per heavy atom. The van der Waals surface area contributed by atoms with E-state index in [0.29, 0.717) is 13.0 Å². The summed E-state index contributed by atoms with van der Waals surface area (Å²) in [6.45, 7) is 0.516. The second-order valence-electron chi connectivity index (χ2n) is 5.58. The maximum atomic E-state index is 12.0. The zero-order valence-electron chi connectivity index (χ0n) is 11.8. The van der Waals surface area contributed by atoms with Crippen molar-refractivity contribution in [2.24, 2.45) is 5.92 Å². The van der Waals surface area contributed by atoms with Crippen molar-refractivity contribution < 1.29 is 4.79 Å². The number of nitrogens with one attached hydrogen (secondary N) is 1. The molecule has 1 aromatic heterocycles. The molecule has 1 amide bonds. The molecule has 1 fully saturated rings. The Morgan fingerprint density at radius 3 is 2.89 bits per heavy atom. The molecular weight excluding hydrogens is 240 g/mol. The molecule has 5 nitrogen and oxygen atoms in total. The average molecular weight is 264 g/mol. The van der Waals surface area contributed by atoms with Gasteiger partial charge in [-0.3, -0.25) is 9.89 Å². The summed E-state index contributed by atoms with van der Waals surface area (Å²) in [4.78, 5) is 17.7. The third kappa shape index (κ3) is 4.65. The first-order valence-electron chi connectivity index (χ1n) is 7.34. The molecule has 0 radical (unpaired) electrons. The molecule has 0 unspecified atom stereocenters. The first-order valence-corrected chi connectivity index (χ1v) is 7.34. The van der Waals surface area contributed by atoms with Crippen LogP contribution in [0, 0.1) is 5.92 Å². The quantitative estimate of drug-likeness (QED) is 0.858. The fourth-order valence-corrected chi connectivity index (χ4v) is 2.83. The average Bonchev–Trinajstić information content (AvgIpc) is 2.92. The molecule has 1 aliphatic carbocycles. The minimum atomic E-state index is 0.201. The molecule has 1 aliphatic rings. The van der Waals surface area contributed by atoms with E-state index in [1.54, 1.807) is 4.90 Å². The van der Waals surface area contributed by atoms with Crippen LogP contribution in [-0.4, -0.2) is 33.0 Å². The third-order valence-corrected chi connectivity index (χ3v) is 4.01. The van der Waals surface area contributed by atoms with Crippen molar-refractivity contribution in [3.8, 4) is 0 Å². The summed E-state index contributed by atoms with van der Waals surface area (Å²) >= 11 is 0. The second-order valence-corrected chi connectivity index (χ2v) is 5.58. The lowest BCUT2D eigenvalue weighted by Gasteiger charge is -2.21. The summed E-state index contributed by atoms with van der Waals surface area (Å²) in [5, 5.41) is 6.56. The van der Waals surface area contributed by atoms with Gasteiger partial charge in [-0.2, -0.15) is 5.10 Å². The summed E-state index contributed by atoms with van der Waals surface area (Å²) in [6.07, 6.45) is 11.2. The Hall–Kier alpha value is -1.39. The van der Waals surface area contributed by atoms with Crippen LogP contribution in [0.15, 0.2) is 6.33 Å². The van der Waals surface area contributed by atoms with Gasteiger partial charge < -0.3 is 4.90 Å². The molecule has 0 bridgehead atoms. The first kappa shape index (κ1) is 14.0. The van der Waals surface area contributed by atoms with Crippen LogP contribution < -0.4 is 0 Å². The molecule has 0 saturated heterocycles. The van der Waals surface area contributed by atoms with Gasteiger partial charge in [-0.15, -0.1) is 0 Å². The van der Waals surface area contributed by atoms with Gasteiger partial charge in [0.25, 0.3) is 0 Å². The van der Waals surface area contributed by atoms with Crippen molar-refractivity contribution >= 4 is 5.91 Å². The van der Waals surface area contributed by atoms with Crippen molar-refractivity contribution in [2.75, 3.05) is 7.05 Å². The highest BCUT2D eigenvalue weighted by atomic mass is 16.2. The molecule has 106 valence electrons. The lowest BCUT2D eigenvalue weighted by atomic mass is 9.86. The molecule has 0 aromatic carbocycles. The smallest absolute Gasteiger partial charge is 0.222 e. The minimum absolute atomic E-state index is 0.201. The van der Waals surface area contributed by atoms with Crippen LogP contribution in [0.2, 0.25) is 0 Å². The third-order valence-electron chi connectivity index (χ3n) is 4.01. The Labute approximate surface area is 114 Å². The van der Waals surface area contributed by atoms with Crippen LogP contribution in [0.1, 0.15) is 57.2 Å². The van der Waals surface area contributed by atoms with Crippen LogP contribution >= 0.6 is 0 Å². The Morgan fingerprint density at radius 1 is 1.42 bits per heavy atom. The van der Waals surface area contributed by atoms with Crippen molar-refractivity contribution in [1.82, 2.24) is 20.1 Å². The zero-order chi connectivity index (χ0) is 13.5. The lowest BCUT2D eigenvalue weighted by molar-refractivity contribution is -0.130. The number of carbonyl (C=O) groups excluding carboxylic acids is 1. The zero-order valence-corrected chi connectivity index (χ0v) is 11.8. The summed E-state index contributed by atoms with van der Waals surface area (Å²) in [5.41, 5.74) is 0. The van der Waals surface area contributed by atoms with E-state index >= 15 is 0 Å². The summed E-state index contributed by atoms with van der Waals surface area (Å²) < 4.78 is 0. The van der Waals surface area contributed by atoms with Crippen LogP contribution in [0.25, 0.3) is 0 Å². The van der Waals surface area contributed by atoms with Crippen molar-refractivity contribution in [3.05, 3.63) is 12.2 Å². The van der Waals surface area contributed by atoms with Gasteiger partial charge in [-0.1, -0.05) is 32.1 Å². The lowest BCUT2D eigenvalue weighted by Crippen LogP contribution is -2.26. The highest BCUT2D eigenvalue weighted by Gasteiger charge is 2.15. The molecule has 0 spiro atoms. The fourth-order valence-electron chi connectivity index (χ4n) is 2.83. The van der Waals surface area contributed by atoms with Gasteiger partial charge in [-0.25, -0.2) is 4.98 Å². The number of H-pyrrole nitrogens is 1. The molecule has 2 rings (SSSR count). The molecule has 1 heterocycles. The highest BCUT2D eigenvalue weighted by molar-refractivity contribution is 5.75. The maximum absolute atomic E-state index is 12.0. The topological polar surface area (TPSA) is 61.9 Å². The summed E-state index contributed by atoms with van der Waals surface area (Å²) in [5.74, 6) is 1.80. The molecule has 0 atom stereocenters. The number of nitrogens with zero attached hydrogens (tertiary/aromatic N) is 3. The number of amides is 1. The normalized spacial score (nSPS) is 16.5. The van der Waals surface area contributed by atoms with E-state index in [9.17, 15) is 4.79 Å². The van der Waals surface area contributed by atoms with E-state index in [-0.39, 0.29) is 5.91 Å².